The molecule has 120 valence electrons. The molecule has 0 aliphatic rings. The molecule has 0 fully saturated rings. The van der Waals surface area contributed by atoms with Crippen LogP contribution in [0.3, 0.4) is 0 Å². The van der Waals surface area contributed by atoms with Gasteiger partial charge in [-0.2, -0.15) is 0 Å². The van der Waals surface area contributed by atoms with Crippen LogP contribution in [0.2, 0.25) is 0 Å². The van der Waals surface area contributed by atoms with Crippen LogP contribution in [0.4, 0.5) is 0 Å². The zero-order valence-corrected chi connectivity index (χ0v) is 15.4. The predicted octanol–water partition coefficient (Wildman–Crippen LogP) is 2.83. The van der Waals surface area contributed by atoms with Crippen molar-refractivity contribution in [2.24, 2.45) is 4.99 Å². The lowest BCUT2D eigenvalue weighted by molar-refractivity contribution is 0.192. The maximum absolute atomic E-state index is 5.03. The number of unbranched alkanes of at least 4 members (excludes halogenated alkanes) is 2. The summed E-state index contributed by atoms with van der Waals surface area (Å²) in [7, 11) is 3.56. The monoisotopic (exact) mass is 405 g/mol. The molecule has 0 saturated carbocycles. The van der Waals surface area contributed by atoms with E-state index in [9.17, 15) is 0 Å². The molecule has 4 nitrogen and oxygen atoms in total. The topological polar surface area (TPSA) is 45.7 Å². The Labute approximate surface area is 145 Å². The van der Waals surface area contributed by atoms with Crippen LogP contribution in [0.1, 0.15) is 24.8 Å². The number of rotatable bonds is 9. The molecule has 21 heavy (non-hydrogen) atoms. The molecule has 2 N–H and O–H groups in total. The van der Waals surface area contributed by atoms with E-state index in [1.807, 2.05) is 13.1 Å². The van der Waals surface area contributed by atoms with Gasteiger partial charge in [0.05, 0.1) is 0 Å². The van der Waals surface area contributed by atoms with Crippen LogP contribution in [-0.4, -0.2) is 39.8 Å². The van der Waals surface area contributed by atoms with Gasteiger partial charge < -0.3 is 15.4 Å². The Morgan fingerprint density at radius 1 is 1.05 bits per heavy atom. The number of halogens is 1. The number of aliphatic imine (C=N–C) groups is 1. The highest BCUT2D eigenvalue weighted by Gasteiger charge is 1.97. The van der Waals surface area contributed by atoms with Crippen molar-refractivity contribution in [3.63, 3.8) is 0 Å². The largest absolute Gasteiger partial charge is 0.385 e. The number of hydrogen-bond donors (Lipinski definition) is 2. The maximum atomic E-state index is 5.03. The number of nitrogens with one attached hydrogen (secondary N) is 2. The number of methoxy groups -OCH3 is 1. The summed E-state index contributed by atoms with van der Waals surface area (Å²) in [4.78, 5) is 4.22. The molecule has 0 bridgehead atoms. The average Bonchev–Trinajstić information content (AvgIpc) is 2.50. The molecule has 0 aliphatic heterocycles. The van der Waals surface area contributed by atoms with Gasteiger partial charge in [-0.15, -0.1) is 24.0 Å². The second-order valence-corrected chi connectivity index (χ2v) is 4.71. The Hall–Kier alpha value is -0.820. The van der Waals surface area contributed by atoms with Crippen LogP contribution in [0.15, 0.2) is 35.3 Å². The number of ether oxygens (including phenoxy) is 1. The fourth-order valence-corrected chi connectivity index (χ4v) is 1.95. The molecule has 0 aliphatic carbocycles. The Morgan fingerprint density at radius 2 is 1.76 bits per heavy atom. The third-order valence-electron chi connectivity index (χ3n) is 3.09. The summed E-state index contributed by atoms with van der Waals surface area (Å²) in [5, 5.41) is 6.66. The van der Waals surface area contributed by atoms with Crippen molar-refractivity contribution in [2.75, 3.05) is 33.9 Å². The Bertz CT molecular complexity index is 371. The summed E-state index contributed by atoms with van der Waals surface area (Å²) < 4.78 is 5.03. The second-order valence-electron chi connectivity index (χ2n) is 4.71. The van der Waals surface area contributed by atoms with Crippen LogP contribution in [0, 0.1) is 0 Å². The van der Waals surface area contributed by atoms with E-state index in [0.29, 0.717) is 0 Å². The van der Waals surface area contributed by atoms with E-state index in [1.54, 1.807) is 7.11 Å². The van der Waals surface area contributed by atoms with Gasteiger partial charge in [0.25, 0.3) is 0 Å². The number of benzene rings is 1. The summed E-state index contributed by atoms with van der Waals surface area (Å²) >= 11 is 0. The highest BCUT2D eigenvalue weighted by Crippen LogP contribution is 1.98. The maximum Gasteiger partial charge on any atom is 0.190 e. The third kappa shape index (κ3) is 10.5. The molecule has 5 heteroatoms. The summed E-state index contributed by atoms with van der Waals surface area (Å²) in [5.74, 6) is 0.882. The molecule has 0 unspecified atom stereocenters. The standard InChI is InChI=1S/C16H27N3O.HI/c1-17-16(18-12-7-4-8-14-20-2)19-13-11-15-9-5-3-6-10-15;/h3,5-6,9-10H,4,7-8,11-14H2,1-2H3,(H2,17,18,19);1H. The number of hydrogen-bond acceptors (Lipinski definition) is 2. The highest BCUT2D eigenvalue weighted by atomic mass is 127. The minimum Gasteiger partial charge on any atom is -0.385 e. The van der Waals surface area contributed by atoms with Gasteiger partial charge in [-0.05, 0) is 31.2 Å². The summed E-state index contributed by atoms with van der Waals surface area (Å²) in [6, 6.07) is 10.5. The van der Waals surface area contributed by atoms with Crippen molar-refractivity contribution in [2.45, 2.75) is 25.7 Å². The summed E-state index contributed by atoms with van der Waals surface area (Å²) in [5.41, 5.74) is 1.34. The lowest BCUT2D eigenvalue weighted by atomic mass is 10.1. The fourth-order valence-electron chi connectivity index (χ4n) is 1.95. The number of guanidine groups is 1. The summed E-state index contributed by atoms with van der Waals surface area (Å²) in [6.07, 6.45) is 4.46. The zero-order chi connectivity index (χ0) is 14.5. The normalized spacial score (nSPS) is 10.9. The van der Waals surface area contributed by atoms with Gasteiger partial charge in [0, 0.05) is 33.9 Å². The first-order valence-corrected chi connectivity index (χ1v) is 7.34. The molecular formula is C16H28IN3O. The van der Waals surface area contributed by atoms with E-state index in [0.717, 1.165) is 44.9 Å². The van der Waals surface area contributed by atoms with Gasteiger partial charge in [0.2, 0.25) is 0 Å². The van der Waals surface area contributed by atoms with Crippen LogP contribution in [0.5, 0.6) is 0 Å². The zero-order valence-electron chi connectivity index (χ0n) is 13.1. The first-order chi connectivity index (χ1) is 9.86. The average molecular weight is 405 g/mol. The Balaban J connectivity index is 0.00000400. The van der Waals surface area contributed by atoms with Gasteiger partial charge >= 0.3 is 0 Å². The van der Waals surface area contributed by atoms with Crippen molar-refractivity contribution in [3.05, 3.63) is 35.9 Å². The van der Waals surface area contributed by atoms with E-state index >= 15 is 0 Å². The van der Waals surface area contributed by atoms with Gasteiger partial charge in [-0.3, -0.25) is 4.99 Å². The minimum absolute atomic E-state index is 0. The van der Waals surface area contributed by atoms with Crippen molar-refractivity contribution in [1.82, 2.24) is 10.6 Å². The molecule has 1 aromatic rings. The van der Waals surface area contributed by atoms with E-state index < -0.39 is 0 Å². The SMILES string of the molecule is CN=C(NCCCCCOC)NCCc1ccccc1.I. The Kier molecular flexibility index (Phi) is 13.6. The molecule has 0 amide bonds. The third-order valence-corrected chi connectivity index (χ3v) is 3.09. The molecule has 0 radical (unpaired) electrons. The molecular weight excluding hydrogens is 377 g/mol. The molecule has 0 spiro atoms. The minimum atomic E-state index is 0. The van der Waals surface area contributed by atoms with Gasteiger partial charge in [-0.1, -0.05) is 30.3 Å². The van der Waals surface area contributed by atoms with E-state index in [1.165, 1.54) is 12.0 Å². The summed E-state index contributed by atoms with van der Waals surface area (Å²) in [6.45, 7) is 2.70. The highest BCUT2D eigenvalue weighted by molar-refractivity contribution is 14.0. The molecule has 0 aromatic heterocycles. The molecule has 0 atom stereocenters. The predicted molar refractivity (Wildman–Crippen MR) is 101 cm³/mol. The van der Waals surface area contributed by atoms with Crippen LogP contribution < -0.4 is 10.6 Å². The van der Waals surface area contributed by atoms with Crippen molar-refractivity contribution in [1.29, 1.82) is 0 Å². The van der Waals surface area contributed by atoms with Crippen molar-refractivity contribution >= 4 is 29.9 Å². The van der Waals surface area contributed by atoms with Crippen LogP contribution in [-0.2, 0) is 11.2 Å². The second kappa shape index (κ2) is 14.1. The van der Waals surface area contributed by atoms with Crippen LogP contribution >= 0.6 is 24.0 Å². The van der Waals surface area contributed by atoms with Gasteiger partial charge in [-0.25, -0.2) is 0 Å². The van der Waals surface area contributed by atoms with E-state index in [4.69, 9.17) is 4.74 Å². The quantitative estimate of drug-likeness (QED) is 0.288. The van der Waals surface area contributed by atoms with E-state index in [-0.39, 0.29) is 24.0 Å². The van der Waals surface area contributed by atoms with Crippen molar-refractivity contribution < 1.29 is 4.74 Å². The Morgan fingerprint density at radius 3 is 2.43 bits per heavy atom. The fraction of sp³-hybridized carbons (Fsp3) is 0.562. The molecule has 1 rings (SSSR count). The molecule has 0 heterocycles. The molecule has 1 aromatic carbocycles. The molecule has 0 saturated heterocycles. The first kappa shape index (κ1) is 20.2. The van der Waals surface area contributed by atoms with Crippen molar-refractivity contribution in [3.8, 4) is 0 Å². The van der Waals surface area contributed by atoms with Crippen LogP contribution in [0.25, 0.3) is 0 Å². The first-order valence-electron chi connectivity index (χ1n) is 7.34. The van der Waals surface area contributed by atoms with Gasteiger partial charge in [0.1, 0.15) is 0 Å². The smallest absolute Gasteiger partial charge is 0.190 e. The van der Waals surface area contributed by atoms with Gasteiger partial charge in [0.15, 0.2) is 5.96 Å². The number of nitrogens with zero attached hydrogens (tertiary/aromatic N) is 1. The lowest BCUT2D eigenvalue weighted by Gasteiger charge is -2.11. The van der Waals surface area contributed by atoms with E-state index in [2.05, 4.69) is 39.9 Å². The lowest BCUT2D eigenvalue weighted by Crippen LogP contribution is -2.38.